The van der Waals surface area contributed by atoms with E-state index in [9.17, 15) is 4.79 Å². The molecule has 1 rings (SSSR count). The van der Waals surface area contributed by atoms with Gasteiger partial charge in [-0.25, -0.2) is 0 Å². The van der Waals surface area contributed by atoms with E-state index in [1.807, 2.05) is 0 Å². The average Bonchev–Trinajstić information content (AvgIpc) is 2.33. The topological polar surface area (TPSA) is 50.4 Å². The van der Waals surface area contributed by atoms with Gasteiger partial charge >= 0.3 is 0 Å². The molecule has 0 bridgehead atoms. The highest BCUT2D eigenvalue weighted by Gasteiger charge is 2.14. The van der Waals surface area contributed by atoms with Gasteiger partial charge in [-0.15, -0.1) is 0 Å². The fourth-order valence-electron chi connectivity index (χ4n) is 1.98. The summed E-state index contributed by atoms with van der Waals surface area (Å²) in [5.74, 6) is 0.143. The summed E-state index contributed by atoms with van der Waals surface area (Å²) < 4.78 is 5.59. The summed E-state index contributed by atoms with van der Waals surface area (Å²) in [7, 11) is 0. The van der Waals surface area contributed by atoms with Crippen LogP contribution in [0.4, 0.5) is 0 Å². The average molecular weight is 242 g/mol. The van der Waals surface area contributed by atoms with Gasteiger partial charge in [-0.2, -0.15) is 0 Å². The minimum Gasteiger partial charge on any atom is -0.378 e. The van der Waals surface area contributed by atoms with Crippen molar-refractivity contribution in [2.45, 2.75) is 58.1 Å². The van der Waals surface area contributed by atoms with Crippen LogP contribution in [-0.4, -0.2) is 37.7 Å². The molecule has 1 amide bonds. The zero-order valence-corrected chi connectivity index (χ0v) is 11.1. The molecule has 0 saturated carbocycles. The number of carbonyl (C=O) groups is 1. The number of ether oxygens (including phenoxy) is 1. The molecule has 1 unspecified atom stereocenters. The molecule has 1 saturated heterocycles. The van der Waals surface area contributed by atoms with Crippen molar-refractivity contribution in [3.8, 4) is 0 Å². The number of hydrogen-bond acceptors (Lipinski definition) is 3. The summed E-state index contributed by atoms with van der Waals surface area (Å²) in [5.41, 5.74) is 0. The summed E-state index contributed by atoms with van der Waals surface area (Å²) in [6.07, 6.45) is 5.29. The Bertz CT molecular complexity index is 213. The molecule has 17 heavy (non-hydrogen) atoms. The molecular weight excluding hydrogens is 216 g/mol. The number of nitrogens with one attached hydrogen (secondary N) is 2. The van der Waals surface area contributed by atoms with Crippen LogP contribution in [0.15, 0.2) is 0 Å². The summed E-state index contributed by atoms with van der Waals surface area (Å²) in [6, 6.07) is 0.475. The van der Waals surface area contributed by atoms with Gasteiger partial charge in [-0.3, -0.25) is 4.79 Å². The van der Waals surface area contributed by atoms with Crippen LogP contribution in [0.5, 0.6) is 0 Å². The van der Waals surface area contributed by atoms with Crippen LogP contribution >= 0.6 is 0 Å². The molecule has 0 aromatic rings. The van der Waals surface area contributed by atoms with Crippen LogP contribution in [0.1, 0.15) is 46.0 Å². The highest BCUT2D eigenvalue weighted by molar-refractivity contribution is 5.75. The largest absolute Gasteiger partial charge is 0.378 e. The van der Waals surface area contributed by atoms with E-state index in [1.54, 1.807) is 0 Å². The molecule has 0 aliphatic carbocycles. The second-order valence-electron chi connectivity index (χ2n) is 4.99. The fourth-order valence-corrected chi connectivity index (χ4v) is 1.98. The van der Waals surface area contributed by atoms with Crippen molar-refractivity contribution < 1.29 is 9.53 Å². The molecule has 4 nitrogen and oxygen atoms in total. The summed E-state index contributed by atoms with van der Waals surface area (Å²) in [5, 5.41) is 6.19. The van der Waals surface area contributed by atoms with Crippen molar-refractivity contribution in [1.29, 1.82) is 0 Å². The summed E-state index contributed by atoms with van der Waals surface area (Å²) in [6.45, 7) is 6.61. The molecule has 1 aliphatic heterocycles. The lowest BCUT2D eigenvalue weighted by atomic mass is 10.0. The molecule has 2 N–H and O–H groups in total. The van der Waals surface area contributed by atoms with E-state index in [4.69, 9.17) is 4.74 Å². The zero-order chi connectivity index (χ0) is 12.5. The SMILES string of the molecule is CC(C)NCCNC(=O)CCC1CCCCO1. The van der Waals surface area contributed by atoms with Crippen molar-refractivity contribution >= 4 is 5.91 Å². The Morgan fingerprint density at radius 3 is 2.82 bits per heavy atom. The lowest BCUT2D eigenvalue weighted by Crippen LogP contribution is -2.35. The lowest BCUT2D eigenvalue weighted by Gasteiger charge is -2.22. The smallest absolute Gasteiger partial charge is 0.220 e. The van der Waals surface area contributed by atoms with E-state index in [2.05, 4.69) is 24.5 Å². The molecule has 1 heterocycles. The van der Waals surface area contributed by atoms with Crippen LogP contribution < -0.4 is 10.6 Å². The Balaban J connectivity index is 1.96. The molecule has 0 aromatic carbocycles. The van der Waals surface area contributed by atoms with Crippen molar-refractivity contribution in [2.24, 2.45) is 0 Å². The maximum Gasteiger partial charge on any atom is 0.220 e. The highest BCUT2D eigenvalue weighted by Crippen LogP contribution is 2.16. The third-order valence-electron chi connectivity index (χ3n) is 2.97. The number of rotatable bonds is 7. The first kappa shape index (κ1) is 14.5. The zero-order valence-electron chi connectivity index (χ0n) is 11.1. The van der Waals surface area contributed by atoms with E-state index in [0.717, 1.165) is 26.0 Å². The highest BCUT2D eigenvalue weighted by atomic mass is 16.5. The van der Waals surface area contributed by atoms with Gasteiger partial charge in [0.1, 0.15) is 0 Å². The molecule has 0 radical (unpaired) electrons. The normalized spacial score (nSPS) is 20.5. The van der Waals surface area contributed by atoms with E-state index >= 15 is 0 Å². The predicted molar refractivity (Wildman–Crippen MR) is 69.0 cm³/mol. The van der Waals surface area contributed by atoms with E-state index in [1.165, 1.54) is 12.8 Å². The van der Waals surface area contributed by atoms with E-state index < -0.39 is 0 Å². The first-order chi connectivity index (χ1) is 8.18. The Hall–Kier alpha value is -0.610. The molecule has 0 aromatic heterocycles. The van der Waals surface area contributed by atoms with E-state index in [0.29, 0.717) is 25.1 Å². The van der Waals surface area contributed by atoms with Gasteiger partial charge < -0.3 is 15.4 Å². The van der Waals surface area contributed by atoms with Crippen molar-refractivity contribution in [2.75, 3.05) is 19.7 Å². The number of amides is 1. The van der Waals surface area contributed by atoms with Crippen LogP contribution in [0.25, 0.3) is 0 Å². The van der Waals surface area contributed by atoms with Gasteiger partial charge in [-0.05, 0) is 25.7 Å². The van der Waals surface area contributed by atoms with Gasteiger partial charge in [0.05, 0.1) is 6.10 Å². The predicted octanol–water partition coefficient (Wildman–Crippen LogP) is 1.45. The van der Waals surface area contributed by atoms with Crippen molar-refractivity contribution in [1.82, 2.24) is 10.6 Å². The van der Waals surface area contributed by atoms with Gasteiger partial charge in [0.15, 0.2) is 0 Å². The summed E-state index contributed by atoms with van der Waals surface area (Å²) >= 11 is 0. The van der Waals surface area contributed by atoms with E-state index in [-0.39, 0.29) is 5.91 Å². The Morgan fingerprint density at radius 2 is 2.18 bits per heavy atom. The molecular formula is C13H26N2O2. The maximum atomic E-state index is 11.5. The van der Waals surface area contributed by atoms with Gasteiger partial charge in [0.25, 0.3) is 0 Å². The first-order valence-electron chi connectivity index (χ1n) is 6.80. The van der Waals surface area contributed by atoms with Crippen molar-refractivity contribution in [3.05, 3.63) is 0 Å². The van der Waals surface area contributed by atoms with Crippen LogP contribution in [0.3, 0.4) is 0 Å². The monoisotopic (exact) mass is 242 g/mol. The molecule has 1 atom stereocenters. The molecule has 100 valence electrons. The number of hydrogen-bond donors (Lipinski definition) is 2. The second kappa shape index (κ2) is 8.48. The third-order valence-corrected chi connectivity index (χ3v) is 2.97. The van der Waals surface area contributed by atoms with Crippen LogP contribution in [-0.2, 0) is 9.53 Å². The molecule has 1 aliphatic rings. The lowest BCUT2D eigenvalue weighted by molar-refractivity contribution is -0.122. The van der Waals surface area contributed by atoms with Gasteiger partial charge in [0.2, 0.25) is 5.91 Å². The van der Waals surface area contributed by atoms with Gasteiger partial charge in [-0.1, -0.05) is 13.8 Å². The minimum absolute atomic E-state index is 0.143. The van der Waals surface area contributed by atoms with Gasteiger partial charge in [0, 0.05) is 32.2 Å². The summed E-state index contributed by atoms with van der Waals surface area (Å²) in [4.78, 5) is 11.5. The Kier molecular flexibility index (Phi) is 7.21. The fraction of sp³-hybridized carbons (Fsp3) is 0.923. The van der Waals surface area contributed by atoms with Crippen molar-refractivity contribution in [3.63, 3.8) is 0 Å². The standard InChI is InChI=1S/C13H26N2O2/c1-11(2)14-8-9-15-13(16)7-6-12-5-3-4-10-17-12/h11-12,14H,3-10H2,1-2H3,(H,15,16). The quantitative estimate of drug-likeness (QED) is 0.664. The first-order valence-corrected chi connectivity index (χ1v) is 6.80. The maximum absolute atomic E-state index is 11.5. The Morgan fingerprint density at radius 1 is 1.35 bits per heavy atom. The third kappa shape index (κ3) is 7.34. The Labute approximate surface area is 104 Å². The number of carbonyl (C=O) groups excluding carboxylic acids is 1. The minimum atomic E-state index is 0.143. The molecule has 0 spiro atoms. The van der Waals surface area contributed by atoms with Crippen LogP contribution in [0, 0.1) is 0 Å². The molecule has 1 fully saturated rings. The second-order valence-corrected chi connectivity index (χ2v) is 4.99. The molecule has 4 heteroatoms. The van der Waals surface area contributed by atoms with Crippen LogP contribution in [0.2, 0.25) is 0 Å².